The third-order valence-electron chi connectivity index (χ3n) is 6.35. The third-order valence-corrected chi connectivity index (χ3v) is 6.35. The molecule has 1 N–H and O–H groups in total. The van der Waals surface area contributed by atoms with E-state index in [-0.39, 0.29) is 23.6 Å². The number of carbonyl (C=O) groups excluding carboxylic acids is 2. The summed E-state index contributed by atoms with van der Waals surface area (Å²) in [5.74, 6) is -1.75. The zero-order valence-electron chi connectivity index (χ0n) is 20.1. The fourth-order valence-corrected chi connectivity index (χ4v) is 4.41. The number of nitrogens with zero attached hydrogens (tertiary/aromatic N) is 3. The van der Waals surface area contributed by atoms with E-state index < -0.39 is 22.7 Å². The molecule has 0 bridgehead atoms. The Balaban J connectivity index is 2.12. The molecule has 0 spiro atoms. The monoisotopic (exact) mass is 465 g/mol. The molecule has 1 saturated heterocycles. The largest absolute Gasteiger partial charge is 0.507 e. The summed E-state index contributed by atoms with van der Waals surface area (Å²) in [5.41, 5.74) is 2.36. The van der Waals surface area contributed by atoms with Crippen LogP contribution in [0.1, 0.15) is 48.6 Å². The van der Waals surface area contributed by atoms with Gasteiger partial charge in [-0.1, -0.05) is 43.7 Å². The van der Waals surface area contributed by atoms with Crippen molar-refractivity contribution >= 4 is 23.1 Å². The van der Waals surface area contributed by atoms with Crippen LogP contribution in [0, 0.1) is 24.0 Å². The number of aryl methyl sites for hydroxylation is 2. The zero-order valence-corrected chi connectivity index (χ0v) is 20.1. The second-order valence-electron chi connectivity index (χ2n) is 8.54. The number of ketones is 1. The molecule has 0 aromatic heterocycles. The predicted octanol–water partition coefficient (Wildman–Crippen LogP) is 4.37. The van der Waals surface area contributed by atoms with Crippen molar-refractivity contribution in [2.75, 3.05) is 26.2 Å². The van der Waals surface area contributed by atoms with E-state index in [4.69, 9.17) is 0 Å². The summed E-state index contributed by atoms with van der Waals surface area (Å²) in [6.45, 7) is 10.6. The van der Waals surface area contributed by atoms with E-state index in [1.807, 2.05) is 26.0 Å². The number of aliphatic hydroxyl groups is 1. The highest BCUT2D eigenvalue weighted by Crippen LogP contribution is 2.40. The van der Waals surface area contributed by atoms with E-state index in [0.717, 1.165) is 30.8 Å². The zero-order chi connectivity index (χ0) is 25.0. The summed E-state index contributed by atoms with van der Waals surface area (Å²) in [5, 5.41) is 22.7. The Morgan fingerprint density at radius 3 is 2.47 bits per heavy atom. The van der Waals surface area contributed by atoms with Crippen LogP contribution in [-0.4, -0.2) is 57.7 Å². The van der Waals surface area contributed by atoms with Crippen molar-refractivity contribution in [1.29, 1.82) is 0 Å². The fourth-order valence-electron chi connectivity index (χ4n) is 4.41. The van der Waals surface area contributed by atoms with Crippen LogP contribution in [0.3, 0.4) is 0 Å². The Bertz CT molecular complexity index is 1140. The fraction of sp³-hybridized carbons (Fsp3) is 0.385. The molecule has 3 rings (SSSR count). The van der Waals surface area contributed by atoms with Gasteiger partial charge in [0.1, 0.15) is 5.76 Å². The number of rotatable bonds is 9. The number of non-ortho nitro benzene ring substituents is 1. The van der Waals surface area contributed by atoms with Crippen molar-refractivity contribution in [3.8, 4) is 0 Å². The number of benzene rings is 2. The molecule has 8 nitrogen and oxygen atoms in total. The number of Topliss-reactive ketones (excluding diaryl/α,β-unsaturated/α-hetero) is 1. The highest BCUT2D eigenvalue weighted by Gasteiger charge is 2.46. The smallest absolute Gasteiger partial charge is 0.295 e. The van der Waals surface area contributed by atoms with Gasteiger partial charge in [0.15, 0.2) is 0 Å². The first-order chi connectivity index (χ1) is 16.2. The van der Waals surface area contributed by atoms with Crippen LogP contribution < -0.4 is 0 Å². The number of amides is 1. The highest BCUT2D eigenvalue weighted by atomic mass is 16.6. The van der Waals surface area contributed by atoms with Gasteiger partial charge in [0.2, 0.25) is 0 Å². The average Bonchev–Trinajstić information content (AvgIpc) is 3.08. The third kappa shape index (κ3) is 5.02. The van der Waals surface area contributed by atoms with Crippen LogP contribution in [-0.2, 0) is 9.59 Å². The minimum absolute atomic E-state index is 0.0398. The lowest BCUT2D eigenvalue weighted by molar-refractivity contribution is -0.384. The van der Waals surface area contributed by atoms with Gasteiger partial charge in [-0.05, 0) is 57.1 Å². The van der Waals surface area contributed by atoms with E-state index in [2.05, 4.69) is 18.7 Å². The first-order valence-electron chi connectivity index (χ1n) is 11.5. The maximum atomic E-state index is 13.2. The first-order valence-corrected chi connectivity index (χ1v) is 11.5. The lowest BCUT2D eigenvalue weighted by Gasteiger charge is -2.26. The predicted molar refractivity (Wildman–Crippen MR) is 130 cm³/mol. The van der Waals surface area contributed by atoms with Crippen LogP contribution in [0.4, 0.5) is 5.69 Å². The summed E-state index contributed by atoms with van der Waals surface area (Å²) in [6.07, 6.45) is 0.629. The molecule has 1 unspecified atom stereocenters. The molecule has 180 valence electrons. The van der Waals surface area contributed by atoms with Gasteiger partial charge < -0.3 is 14.9 Å². The molecule has 2 aromatic carbocycles. The van der Waals surface area contributed by atoms with E-state index in [1.54, 1.807) is 12.1 Å². The highest BCUT2D eigenvalue weighted by molar-refractivity contribution is 6.46. The van der Waals surface area contributed by atoms with Gasteiger partial charge in [-0.15, -0.1) is 0 Å². The van der Waals surface area contributed by atoms with Crippen molar-refractivity contribution < 1.29 is 19.6 Å². The number of aliphatic hydroxyl groups excluding tert-OH is 1. The maximum Gasteiger partial charge on any atom is 0.295 e. The Kier molecular flexibility index (Phi) is 7.83. The summed E-state index contributed by atoms with van der Waals surface area (Å²) < 4.78 is 0. The molecule has 1 heterocycles. The topological polar surface area (TPSA) is 104 Å². The molecule has 0 aliphatic carbocycles. The molecule has 1 aliphatic rings. The van der Waals surface area contributed by atoms with Crippen LogP contribution in [0.15, 0.2) is 48.0 Å². The lowest BCUT2D eigenvalue weighted by Crippen LogP contribution is -2.33. The number of nitro benzene ring substituents is 1. The second-order valence-corrected chi connectivity index (χ2v) is 8.54. The Morgan fingerprint density at radius 1 is 1.12 bits per heavy atom. The summed E-state index contributed by atoms with van der Waals surface area (Å²) in [6, 6.07) is 10.5. The molecule has 34 heavy (non-hydrogen) atoms. The van der Waals surface area contributed by atoms with Crippen molar-refractivity contribution in [3.63, 3.8) is 0 Å². The number of nitro groups is 1. The number of likely N-dealkylation sites (tertiary alicyclic amines) is 1. The van der Waals surface area contributed by atoms with Gasteiger partial charge in [-0.25, -0.2) is 0 Å². The molecule has 8 heteroatoms. The molecule has 1 atom stereocenters. The standard InChI is InChI=1S/C26H31N3O5/c1-5-27(6-2)13-8-14-28-23(19-9-7-10-20(16-19)29(33)34)22(25(31)26(28)32)24(30)21-15-17(3)11-12-18(21)4/h7,9-12,15-16,23,30H,5-6,8,13-14H2,1-4H3. The Hall–Kier alpha value is -3.52. The van der Waals surface area contributed by atoms with Crippen LogP contribution in [0.5, 0.6) is 0 Å². The Labute approximate surface area is 199 Å². The number of hydrogen-bond acceptors (Lipinski definition) is 6. The van der Waals surface area contributed by atoms with Crippen LogP contribution in [0.25, 0.3) is 5.76 Å². The van der Waals surface area contributed by atoms with Gasteiger partial charge in [0, 0.05) is 24.2 Å². The van der Waals surface area contributed by atoms with E-state index in [0.29, 0.717) is 17.5 Å². The maximum absolute atomic E-state index is 13.2. The van der Waals surface area contributed by atoms with Crippen molar-refractivity contribution in [1.82, 2.24) is 9.80 Å². The Morgan fingerprint density at radius 2 is 1.82 bits per heavy atom. The SMILES string of the molecule is CCN(CC)CCCN1C(=O)C(=O)C(=C(O)c2cc(C)ccc2C)C1c1cccc([N+](=O)[O-])c1. The van der Waals surface area contributed by atoms with Crippen LogP contribution >= 0.6 is 0 Å². The molecule has 1 amide bonds. The number of hydrogen-bond donors (Lipinski definition) is 1. The summed E-state index contributed by atoms with van der Waals surface area (Å²) >= 11 is 0. The molecule has 2 aromatic rings. The van der Waals surface area contributed by atoms with Crippen LogP contribution in [0.2, 0.25) is 0 Å². The molecular weight excluding hydrogens is 434 g/mol. The van der Waals surface area contributed by atoms with E-state index in [9.17, 15) is 24.8 Å². The quantitative estimate of drug-likeness (QED) is 0.194. The van der Waals surface area contributed by atoms with Crippen molar-refractivity contribution in [2.24, 2.45) is 0 Å². The van der Waals surface area contributed by atoms with E-state index in [1.165, 1.54) is 23.1 Å². The molecule has 0 radical (unpaired) electrons. The lowest BCUT2D eigenvalue weighted by atomic mass is 9.93. The minimum Gasteiger partial charge on any atom is -0.507 e. The average molecular weight is 466 g/mol. The van der Waals surface area contributed by atoms with Gasteiger partial charge in [0.25, 0.3) is 17.4 Å². The minimum atomic E-state index is -0.906. The molecular formula is C26H31N3O5. The van der Waals surface area contributed by atoms with Gasteiger partial charge in [0.05, 0.1) is 16.5 Å². The van der Waals surface area contributed by atoms with Crippen molar-refractivity contribution in [3.05, 3.63) is 80.4 Å². The van der Waals surface area contributed by atoms with Gasteiger partial charge in [-0.3, -0.25) is 19.7 Å². The van der Waals surface area contributed by atoms with Gasteiger partial charge >= 0.3 is 0 Å². The van der Waals surface area contributed by atoms with E-state index >= 15 is 0 Å². The molecule has 1 aliphatic heterocycles. The first kappa shape index (κ1) is 25.1. The summed E-state index contributed by atoms with van der Waals surface area (Å²) in [7, 11) is 0. The second kappa shape index (κ2) is 10.6. The van der Waals surface area contributed by atoms with Crippen molar-refractivity contribution in [2.45, 2.75) is 40.2 Å². The molecule has 1 fully saturated rings. The molecule has 0 saturated carbocycles. The van der Waals surface area contributed by atoms with Gasteiger partial charge in [-0.2, -0.15) is 0 Å². The number of carbonyl (C=O) groups is 2. The summed E-state index contributed by atoms with van der Waals surface area (Å²) in [4.78, 5) is 40.8. The normalized spacial score (nSPS) is 17.6.